The number of aliphatic hydroxyl groups is 2. The summed E-state index contributed by atoms with van der Waals surface area (Å²) in [5.74, 6) is 0. The second-order valence-electron chi connectivity index (χ2n) is 1.38. The van der Waals surface area contributed by atoms with Gasteiger partial charge >= 0.3 is 0 Å². The molecule has 3 heteroatoms. The average molecular weight is 117 g/mol. The first-order valence-electron chi connectivity index (χ1n) is 2.47. The molecule has 0 radical (unpaired) electrons. The first-order chi connectivity index (χ1) is 3.85. The van der Waals surface area contributed by atoms with Crippen molar-refractivity contribution in [1.82, 2.24) is 5.32 Å². The lowest BCUT2D eigenvalue weighted by molar-refractivity contribution is 0.294. The molecule has 0 bridgehead atoms. The van der Waals surface area contributed by atoms with Gasteiger partial charge in [0.2, 0.25) is 0 Å². The molecule has 0 amide bonds. The minimum absolute atomic E-state index is 0.0627. The van der Waals surface area contributed by atoms with E-state index in [1.165, 1.54) is 0 Å². The lowest BCUT2D eigenvalue weighted by Crippen LogP contribution is -2.06. The standard InChI is InChI=1S/C5H11NO2/c1-6-5(4-8)2-3-7/h4,6-8H,2-3H2,1H3/b5-4+. The highest BCUT2D eigenvalue weighted by Crippen LogP contribution is 1.90. The fraction of sp³-hybridized carbons (Fsp3) is 0.600. The molecule has 0 saturated carbocycles. The Morgan fingerprint density at radius 1 is 1.75 bits per heavy atom. The van der Waals surface area contributed by atoms with E-state index in [0.29, 0.717) is 12.1 Å². The summed E-state index contributed by atoms with van der Waals surface area (Å²) in [6.45, 7) is 0.0627. The van der Waals surface area contributed by atoms with Crippen LogP contribution in [0.1, 0.15) is 6.42 Å². The molecule has 0 spiro atoms. The van der Waals surface area contributed by atoms with Gasteiger partial charge < -0.3 is 15.5 Å². The molecule has 0 rings (SSSR count). The average Bonchev–Trinajstić information content (AvgIpc) is 1.83. The van der Waals surface area contributed by atoms with Crippen molar-refractivity contribution in [3.63, 3.8) is 0 Å². The molecule has 0 aromatic rings. The Morgan fingerprint density at radius 2 is 2.38 bits per heavy atom. The molecule has 48 valence electrons. The Hall–Kier alpha value is -0.700. The van der Waals surface area contributed by atoms with Crippen molar-refractivity contribution in [3.8, 4) is 0 Å². The third kappa shape index (κ3) is 2.47. The maximum Gasteiger partial charge on any atom is 0.0981 e. The van der Waals surface area contributed by atoms with E-state index in [1.807, 2.05) is 0 Å². The molecule has 0 heterocycles. The van der Waals surface area contributed by atoms with Crippen molar-refractivity contribution in [2.45, 2.75) is 6.42 Å². The van der Waals surface area contributed by atoms with Crippen LogP contribution in [-0.4, -0.2) is 23.9 Å². The van der Waals surface area contributed by atoms with Crippen LogP contribution in [-0.2, 0) is 0 Å². The number of aliphatic hydroxyl groups excluding tert-OH is 2. The van der Waals surface area contributed by atoms with Crippen molar-refractivity contribution in [2.75, 3.05) is 13.7 Å². The van der Waals surface area contributed by atoms with E-state index in [2.05, 4.69) is 5.32 Å². The van der Waals surface area contributed by atoms with Crippen molar-refractivity contribution in [3.05, 3.63) is 12.0 Å². The van der Waals surface area contributed by atoms with Crippen LogP contribution in [0.3, 0.4) is 0 Å². The summed E-state index contributed by atoms with van der Waals surface area (Å²) in [7, 11) is 1.69. The SMILES string of the molecule is CN/C(=C/O)CCO. The van der Waals surface area contributed by atoms with Gasteiger partial charge in [-0.15, -0.1) is 0 Å². The predicted octanol–water partition coefficient (Wildman–Crippen LogP) is -0.0124. The van der Waals surface area contributed by atoms with Gasteiger partial charge in [0.05, 0.1) is 6.26 Å². The van der Waals surface area contributed by atoms with Gasteiger partial charge in [0.1, 0.15) is 0 Å². The maximum atomic E-state index is 8.32. The summed E-state index contributed by atoms with van der Waals surface area (Å²) in [5, 5.41) is 19.3. The largest absolute Gasteiger partial charge is 0.514 e. The fourth-order valence-corrected chi connectivity index (χ4v) is 0.375. The second-order valence-corrected chi connectivity index (χ2v) is 1.38. The Balaban J connectivity index is 3.38. The van der Waals surface area contributed by atoms with Gasteiger partial charge in [0.25, 0.3) is 0 Å². The van der Waals surface area contributed by atoms with Gasteiger partial charge in [-0.05, 0) is 0 Å². The van der Waals surface area contributed by atoms with Gasteiger partial charge in [-0.1, -0.05) is 0 Å². The highest BCUT2D eigenvalue weighted by molar-refractivity contribution is 4.92. The van der Waals surface area contributed by atoms with Crippen LogP contribution in [0.2, 0.25) is 0 Å². The van der Waals surface area contributed by atoms with Crippen molar-refractivity contribution >= 4 is 0 Å². The molecule has 0 fully saturated rings. The molecule has 3 nitrogen and oxygen atoms in total. The highest BCUT2D eigenvalue weighted by atomic mass is 16.3. The summed E-state index contributed by atoms with van der Waals surface area (Å²) >= 11 is 0. The summed E-state index contributed by atoms with van der Waals surface area (Å²) in [6.07, 6.45) is 1.43. The first-order valence-corrected chi connectivity index (χ1v) is 2.47. The smallest absolute Gasteiger partial charge is 0.0981 e. The minimum Gasteiger partial charge on any atom is -0.514 e. The van der Waals surface area contributed by atoms with Crippen LogP contribution in [0.4, 0.5) is 0 Å². The Morgan fingerprint density at radius 3 is 2.50 bits per heavy atom. The zero-order valence-electron chi connectivity index (χ0n) is 4.89. The molecule has 8 heavy (non-hydrogen) atoms. The molecule has 0 aromatic carbocycles. The van der Waals surface area contributed by atoms with Crippen LogP contribution in [0.25, 0.3) is 0 Å². The minimum atomic E-state index is 0.0627. The summed E-state index contributed by atoms with van der Waals surface area (Å²) in [4.78, 5) is 0. The topological polar surface area (TPSA) is 52.5 Å². The number of hydrogen-bond acceptors (Lipinski definition) is 3. The van der Waals surface area contributed by atoms with E-state index >= 15 is 0 Å². The van der Waals surface area contributed by atoms with Crippen molar-refractivity contribution in [2.24, 2.45) is 0 Å². The lowest BCUT2D eigenvalue weighted by atomic mass is 10.3. The normalized spacial score (nSPS) is 11.5. The zero-order valence-corrected chi connectivity index (χ0v) is 4.89. The molecule has 3 N–H and O–H groups in total. The monoisotopic (exact) mass is 117 g/mol. The molecule has 0 atom stereocenters. The van der Waals surface area contributed by atoms with Gasteiger partial charge in [-0.2, -0.15) is 0 Å². The van der Waals surface area contributed by atoms with Crippen LogP contribution >= 0.6 is 0 Å². The molecule has 0 aromatic heterocycles. The summed E-state index contributed by atoms with van der Waals surface area (Å²) < 4.78 is 0. The van der Waals surface area contributed by atoms with Crippen LogP contribution in [0, 0.1) is 0 Å². The molecule has 0 saturated heterocycles. The van der Waals surface area contributed by atoms with E-state index in [0.717, 1.165) is 6.26 Å². The maximum absolute atomic E-state index is 8.32. The Bertz CT molecular complexity index is 80.5. The molecule has 0 unspecified atom stereocenters. The van der Waals surface area contributed by atoms with Crippen molar-refractivity contribution in [1.29, 1.82) is 0 Å². The number of nitrogens with one attached hydrogen (secondary N) is 1. The molecule has 0 aliphatic rings. The summed E-state index contributed by atoms with van der Waals surface area (Å²) in [6, 6.07) is 0. The summed E-state index contributed by atoms with van der Waals surface area (Å²) in [5.41, 5.74) is 0.646. The van der Waals surface area contributed by atoms with Gasteiger partial charge in [-0.3, -0.25) is 0 Å². The van der Waals surface area contributed by atoms with E-state index in [4.69, 9.17) is 10.2 Å². The van der Waals surface area contributed by atoms with Crippen LogP contribution < -0.4 is 5.32 Å². The fourth-order valence-electron chi connectivity index (χ4n) is 0.375. The van der Waals surface area contributed by atoms with E-state index < -0.39 is 0 Å². The third-order valence-electron chi connectivity index (χ3n) is 0.858. The number of rotatable bonds is 3. The Kier molecular flexibility index (Phi) is 4.07. The van der Waals surface area contributed by atoms with Crippen LogP contribution in [0.15, 0.2) is 12.0 Å². The molecular weight excluding hydrogens is 106 g/mol. The van der Waals surface area contributed by atoms with E-state index in [-0.39, 0.29) is 6.61 Å². The van der Waals surface area contributed by atoms with Crippen molar-refractivity contribution < 1.29 is 10.2 Å². The van der Waals surface area contributed by atoms with Gasteiger partial charge in [-0.25, -0.2) is 0 Å². The van der Waals surface area contributed by atoms with E-state index in [9.17, 15) is 0 Å². The van der Waals surface area contributed by atoms with Gasteiger partial charge in [0.15, 0.2) is 0 Å². The lowest BCUT2D eigenvalue weighted by Gasteiger charge is -1.99. The van der Waals surface area contributed by atoms with Crippen LogP contribution in [0.5, 0.6) is 0 Å². The second kappa shape index (κ2) is 4.46. The molecule has 0 aliphatic heterocycles. The number of hydrogen-bond donors (Lipinski definition) is 3. The zero-order chi connectivity index (χ0) is 6.41. The molecule has 0 aliphatic carbocycles. The predicted molar refractivity (Wildman–Crippen MR) is 31.5 cm³/mol. The molecular formula is C5H11NO2. The van der Waals surface area contributed by atoms with E-state index in [1.54, 1.807) is 7.05 Å². The van der Waals surface area contributed by atoms with Gasteiger partial charge in [0, 0.05) is 25.8 Å². The first kappa shape index (κ1) is 7.30. The quantitative estimate of drug-likeness (QED) is 0.455. The highest BCUT2D eigenvalue weighted by Gasteiger charge is 1.88. The third-order valence-corrected chi connectivity index (χ3v) is 0.858. The Labute approximate surface area is 48.6 Å².